The van der Waals surface area contributed by atoms with Gasteiger partial charge in [0.15, 0.2) is 0 Å². The number of piperazine rings is 1. The van der Waals surface area contributed by atoms with Crippen LogP contribution < -0.4 is 5.32 Å². The molecule has 0 radical (unpaired) electrons. The van der Waals surface area contributed by atoms with Crippen LogP contribution in [0, 0.1) is 0 Å². The summed E-state index contributed by atoms with van der Waals surface area (Å²) >= 11 is 1.97. The van der Waals surface area contributed by atoms with E-state index >= 15 is 0 Å². The number of hydrogen-bond donors (Lipinski definition) is 1. The van der Waals surface area contributed by atoms with Crippen LogP contribution in [0.1, 0.15) is 43.9 Å². The van der Waals surface area contributed by atoms with Gasteiger partial charge in [-0.2, -0.15) is 0 Å². The van der Waals surface area contributed by atoms with E-state index in [4.69, 9.17) is 0 Å². The van der Waals surface area contributed by atoms with Gasteiger partial charge in [0.2, 0.25) is 0 Å². The minimum absolute atomic E-state index is 0.289. The van der Waals surface area contributed by atoms with E-state index < -0.39 is 0 Å². The molecule has 2 rings (SSSR count). The standard InChI is InChI=1S/C15H26N2S/c1-5-13-7-8-14(18-13)10-17-11-15(4,6-2)16-9-12(17)3/h7-8,12,16H,5-6,9-11H2,1-4H3. The number of hydrogen-bond acceptors (Lipinski definition) is 3. The van der Waals surface area contributed by atoms with Crippen LogP contribution in [0.3, 0.4) is 0 Å². The third-order valence-corrected chi connectivity index (χ3v) is 5.42. The molecular formula is C15H26N2S. The van der Waals surface area contributed by atoms with Crippen LogP contribution in [0.4, 0.5) is 0 Å². The summed E-state index contributed by atoms with van der Waals surface area (Å²) < 4.78 is 0. The fourth-order valence-corrected chi connectivity index (χ4v) is 3.51. The molecule has 2 heterocycles. The second kappa shape index (κ2) is 5.72. The third-order valence-electron chi connectivity index (χ3n) is 4.20. The Morgan fingerprint density at radius 2 is 2.11 bits per heavy atom. The topological polar surface area (TPSA) is 15.3 Å². The first-order valence-corrected chi connectivity index (χ1v) is 7.94. The zero-order chi connectivity index (χ0) is 13.2. The van der Waals surface area contributed by atoms with Gasteiger partial charge < -0.3 is 5.32 Å². The van der Waals surface area contributed by atoms with Gasteiger partial charge in [0.25, 0.3) is 0 Å². The Bertz CT molecular complexity index is 388. The van der Waals surface area contributed by atoms with Gasteiger partial charge in [-0.15, -0.1) is 11.3 Å². The molecular weight excluding hydrogens is 240 g/mol. The first kappa shape index (κ1) is 14.0. The highest BCUT2D eigenvalue weighted by Gasteiger charge is 2.32. The summed E-state index contributed by atoms with van der Waals surface area (Å²) in [7, 11) is 0. The Balaban J connectivity index is 2.02. The molecule has 0 aliphatic carbocycles. The molecule has 1 N–H and O–H groups in total. The zero-order valence-electron chi connectivity index (χ0n) is 12.1. The second-order valence-electron chi connectivity index (χ2n) is 5.77. The van der Waals surface area contributed by atoms with Gasteiger partial charge in [-0.3, -0.25) is 4.90 Å². The molecule has 102 valence electrons. The molecule has 2 nitrogen and oxygen atoms in total. The molecule has 0 saturated carbocycles. The predicted octanol–water partition coefficient (Wildman–Crippen LogP) is 3.27. The Hall–Kier alpha value is -0.380. The van der Waals surface area contributed by atoms with Crippen LogP contribution in [0.5, 0.6) is 0 Å². The Kier molecular flexibility index (Phi) is 4.46. The van der Waals surface area contributed by atoms with Crippen LogP contribution in [0.15, 0.2) is 12.1 Å². The maximum Gasteiger partial charge on any atom is 0.0332 e. The van der Waals surface area contributed by atoms with Gasteiger partial charge in [0.05, 0.1) is 0 Å². The largest absolute Gasteiger partial charge is 0.309 e. The lowest BCUT2D eigenvalue weighted by Gasteiger charge is -2.44. The maximum atomic E-state index is 3.69. The van der Waals surface area contributed by atoms with Crippen molar-refractivity contribution in [3.05, 3.63) is 21.9 Å². The molecule has 0 spiro atoms. The van der Waals surface area contributed by atoms with E-state index in [2.05, 4.69) is 50.0 Å². The van der Waals surface area contributed by atoms with Crippen molar-refractivity contribution in [1.82, 2.24) is 10.2 Å². The minimum atomic E-state index is 0.289. The quantitative estimate of drug-likeness (QED) is 0.900. The molecule has 1 aliphatic rings. The maximum absolute atomic E-state index is 3.69. The lowest BCUT2D eigenvalue weighted by molar-refractivity contribution is 0.0875. The van der Waals surface area contributed by atoms with Gasteiger partial charge in [-0.05, 0) is 38.8 Å². The highest BCUT2D eigenvalue weighted by atomic mass is 32.1. The van der Waals surface area contributed by atoms with Crippen molar-refractivity contribution >= 4 is 11.3 Å². The summed E-state index contributed by atoms with van der Waals surface area (Å²) in [4.78, 5) is 5.65. The monoisotopic (exact) mass is 266 g/mol. The number of nitrogens with zero attached hydrogens (tertiary/aromatic N) is 1. The van der Waals surface area contributed by atoms with Gasteiger partial charge in [-0.25, -0.2) is 0 Å². The summed E-state index contributed by atoms with van der Waals surface area (Å²) in [6, 6.07) is 5.23. The molecule has 1 aromatic heterocycles. The molecule has 1 aliphatic heterocycles. The Labute approximate surface area is 115 Å². The van der Waals surface area contributed by atoms with Gasteiger partial charge in [0, 0.05) is 41.0 Å². The highest BCUT2D eigenvalue weighted by molar-refractivity contribution is 7.11. The smallest absolute Gasteiger partial charge is 0.0332 e. The summed E-state index contributed by atoms with van der Waals surface area (Å²) in [6.45, 7) is 12.6. The minimum Gasteiger partial charge on any atom is -0.309 e. The number of thiophene rings is 1. The van der Waals surface area contributed by atoms with E-state index in [0.29, 0.717) is 6.04 Å². The molecule has 0 aromatic carbocycles. The first-order valence-electron chi connectivity index (χ1n) is 7.13. The number of nitrogens with one attached hydrogen (secondary N) is 1. The first-order chi connectivity index (χ1) is 8.56. The average molecular weight is 266 g/mol. The molecule has 0 bridgehead atoms. The molecule has 0 amide bonds. The van der Waals surface area contributed by atoms with Crippen molar-refractivity contribution in [2.75, 3.05) is 13.1 Å². The normalized spacial score (nSPS) is 29.7. The SMILES string of the molecule is CCc1ccc(CN2CC(C)(CC)NCC2C)s1. The molecule has 3 heteroatoms. The molecule has 1 saturated heterocycles. The Morgan fingerprint density at radius 1 is 1.39 bits per heavy atom. The van der Waals surface area contributed by atoms with Crippen LogP contribution in [0.25, 0.3) is 0 Å². The highest BCUT2D eigenvalue weighted by Crippen LogP contribution is 2.24. The van der Waals surface area contributed by atoms with Crippen molar-refractivity contribution in [3.8, 4) is 0 Å². The summed E-state index contributed by atoms with van der Waals surface area (Å²) in [5, 5.41) is 3.69. The van der Waals surface area contributed by atoms with E-state index in [9.17, 15) is 0 Å². The van der Waals surface area contributed by atoms with Crippen molar-refractivity contribution in [3.63, 3.8) is 0 Å². The van der Waals surface area contributed by atoms with Gasteiger partial charge in [-0.1, -0.05) is 13.8 Å². The van der Waals surface area contributed by atoms with Crippen molar-refractivity contribution in [1.29, 1.82) is 0 Å². The van der Waals surface area contributed by atoms with E-state index in [-0.39, 0.29) is 5.54 Å². The Morgan fingerprint density at radius 3 is 2.72 bits per heavy atom. The van der Waals surface area contributed by atoms with Gasteiger partial charge in [0.1, 0.15) is 0 Å². The van der Waals surface area contributed by atoms with Crippen molar-refractivity contribution in [2.45, 2.75) is 58.7 Å². The molecule has 2 unspecified atom stereocenters. The average Bonchev–Trinajstić information content (AvgIpc) is 2.82. The summed E-state index contributed by atoms with van der Waals surface area (Å²) in [6.07, 6.45) is 2.36. The number of rotatable bonds is 4. The molecule has 1 fully saturated rings. The van der Waals surface area contributed by atoms with Crippen molar-refractivity contribution < 1.29 is 0 Å². The molecule has 2 atom stereocenters. The van der Waals surface area contributed by atoms with E-state index in [1.54, 1.807) is 0 Å². The lowest BCUT2D eigenvalue weighted by atomic mass is 9.94. The van der Waals surface area contributed by atoms with E-state index in [0.717, 1.165) is 26.1 Å². The fraction of sp³-hybridized carbons (Fsp3) is 0.733. The van der Waals surface area contributed by atoms with E-state index in [1.807, 2.05) is 11.3 Å². The second-order valence-corrected chi connectivity index (χ2v) is 7.02. The molecule has 1 aromatic rings. The summed E-state index contributed by atoms with van der Waals surface area (Å²) in [5.74, 6) is 0. The van der Waals surface area contributed by atoms with E-state index in [1.165, 1.54) is 16.2 Å². The lowest BCUT2D eigenvalue weighted by Crippen LogP contribution is -2.61. The van der Waals surface area contributed by atoms with Crippen LogP contribution in [-0.2, 0) is 13.0 Å². The number of aryl methyl sites for hydroxylation is 1. The predicted molar refractivity (Wildman–Crippen MR) is 80.3 cm³/mol. The molecule has 18 heavy (non-hydrogen) atoms. The van der Waals surface area contributed by atoms with Crippen LogP contribution in [0.2, 0.25) is 0 Å². The fourth-order valence-electron chi connectivity index (χ4n) is 2.53. The third kappa shape index (κ3) is 3.14. The zero-order valence-corrected chi connectivity index (χ0v) is 12.9. The van der Waals surface area contributed by atoms with Gasteiger partial charge >= 0.3 is 0 Å². The summed E-state index contributed by atoms with van der Waals surface area (Å²) in [5.41, 5.74) is 0.289. The van der Waals surface area contributed by atoms with Crippen LogP contribution >= 0.6 is 11.3 Å². The van der Waals surface area contributed by atoms with Crippen molar-refractivity contribution in [2.24, 2.45) is 0 Å². The van der Waals surface area contributed by atoms with Crippen LogP contribution in [-0.4, -0.2) is 29.6 Å².